The largest absolute Gasteiger partial charge is 0.251 e. The Morgan fingerprint density at radius 2 is 1.64 bits per heavy atom. The van der Waals surface area contributed by atoms with Gasteiger partial charge in [0.05, 0.1) is 0 Å². The van der Waals surface area contributed by atoms with Crippen molar-refractivity contribution in [3.63, 3.8) is 0 Å². The molecule has 0 amide bonds. The summed E-state index contributed by atoms with van der Waals surface area (Å²) in [7, 11) is 0. The van der Waals surface area contributed by atoms with Crippen LogP contribution in [0.25, 0.3) is 0 Å². The van der Waals surface area contributed by atoms with E-state index in [1.807, 2.05) is 19.1 Å². The first-order chi connectivity index (χ1) is 13.5. The van der Waals surface area contributed by atoms with E-state index in [9.17, 15) is 8.78 Å². The van der Waals surface area contributed by atoms with Gasteiger partial charge in [-0.25, -0.2) is 8.78 Å². The molecule has 2 aliphatic rings. The molecule has 1 aromatic carbocycles. The van der Waals surface area contributed by atoms with E-state index in [4.69, 9.17) is 0 Å². The van der Waals surface area contributed by atoms with Crippen LogP contribution in [0.1, 0.15) is 95.1 Å². The van der Waals surface area contributed by atoms with Crippen molar-refractivity contribution >= 4 is 0 Å². The lowest BCUT2D eigenvalue weighted by Gasteiger charge is -2.41. The molecule has 0 aromatic heterocycles. The van der Waals surface area contributed by atoms with Crippen molar-refractivity contribution in [1.29, 1.82) is 0 Å². The highest BCUT2D eigenvalue weighted by Gasteiger charge is 2.46. The van der Waals surface area contributed by atoms with Gasteiger partial charge in [-0.3, -0.25) is 0 Å². The zero-order valence-corrected chi connectivity index (χ0v) is 17.8. The number of benzene rings is 1. The number of halogens is 2. The summed E-state index contributed by atoms with van der Waals surface area (Å²) in [6.45, 7) is 4.18. The molecule has 0 bridgehead atoms. The van der Waals surface area contributed by atoms with Gasteiger partial charge in [0, 0.05) is 12.3 Å². The van der Waals surface area contributed by atoms with Crippen molar-refractivity contribution in [2.45, 2.75) is 96.3 Å². The lowest BCUT2D eigenvalue weighted by molar-refractivity contribution is -0.114. The average Bonchev–Trinajstić information content (AvgIpc) is 2.70. The monoisotopic (exact) mass is 388 g/mol. The predicted octanol–water partition coefficient (Wildman–Crippen LogP) is 8.32. The van der Waals surface area contributed by atoms with Gasteiger partial charge >= 0.3 is 0 Å². The summed E-state index contributed by atoms with van der Waals surface area (Å²) in [5.41, 5.74) is 2.88. The van der Waals surface area contributed by atoms with E-state index in [0.717, 1.165) is 32.1 Å². The number of alkyl halides is 2. The second-order valence-corrected chi connectivity index (χ2v) is 9.25. The molecule has 2 atom stereocenters. The van der Waals surface area contributed by atoms with E-state index in [-0.39, 0.29) is 12.3 Å². The summed E-state index contributed by atoms with van der Waals surface area (Å²) in [6.07, 6.45) is 14.2. The van der Waals surface area contributed by atoms with E-state index in [2.05, 4.69) is 31.2 Å². The molecule has 0 N–H and O–H groups in total. The highest BCUT2D eigenvalue weighted by atomic mass is 19.3. The first-order valence-electron chi connectivity index (χ1n) is 11.6. The summed E-state index contributed by atoms with van der Waals surface area (Å²) in [6, 6.07) is 9.17. The number of allylic oxidation sites excluding steroid dienone is 2. The Hall–Kier alpha value is -1.18. The fraction of sp³-hybridized carbons (Fsp3) is 0.692. The van der Waals surface area contributed by atoms with E-state index in [1.54, 1.807) is 0 Å². The Morgan fingerprint density at radius 3 is 2.25 bits per heavy atom. The van der Waals surface area contributed by atoms with Gasteiger partial charge in [-0.2, -0.15) is 0 Å². The third kappa shape index (κ3) is 5.45. The van der Waals surface area contributed by atoms with Crippen LogP contribution < -0.4 is 0 Å². The van der Waals surface area contributed by atoms with Crippen LogP contribution in [0.3, 0.4) is 0 Å². The quantitative estimate of drug-likeness (QED) is 0.412. The third-order valence-electron chi connectivity index (χ3n) is 7.36. The number of rotatable bonds is 7. The lowest BCUT2D eigenvalue weighted by atomic mass is 9.66. The second kappa shape index (κ2) is 10.0. The van der Waals surface area contributed by atoms with E-state index in [1.165, 1.54) is 30.4 Å². The summed E-state index contributed by atoms with van der Waals surface area (Å²) in [5, 5.41) is 0. The molecule has 0 nitrogen and oxygen atoms in total. The normalized spacial score (nSPS) is 30.6. The molecule has 2 unspecified atom stereocenters. The molecule has 0 heterocycles. The van der Waals surface area contributed by atoms with Crippen molar-refractivity contribution < 1.29 is 8.78 Å². The maximum Gasteiger partial charge on any atom is 0.251 e. The molecule has 3 rings (SSSR count). The van der Waals surface area contributed by atoms with Crippen LogP contribution in [0.15, 0.2) is 36.4 Å². The minimum atomic E-state index is -2.46. The zero-order valence-electron chi connectivity index (χ0n) is 17.8. The van der Waals surface area contributed by atoms with Crippen molar-refractivity contribution in [2.75, 3.05) is 0 Å². The minimum Gasteiger partial charge on any atom is -0.207 e. The molecule has 28 heavy (non-hydrogen) atoms. The summed E-state index contributed by atoms with van der Waals surface area (Å²) in [5.74, 6) is -1.49. The Balaban J connectivity index is 1.49. The van der Waals surface area contributed by atoms with E-state index >= 15 is 0 Å². The zero-order chi connectivity index (χ0) is 20.0. The Bertz CT molecular complexity index is 608. The highest BCUT2D eigenvalue weighted by Crippen LogP contribution is 2.49. The molecule has 0 spiro atoms. The fourth-order valence-corrected chi connectivity index (χ4v) is 5.64. The highest BCUT2D eigenvalue weighted by molar-refractivity contribution is 5.26. The van der Waals surface area contributed by atoms with Gasteiger partial charge in [-0.1, -0.05) is 49.8 Å². The molecule has 0 aliphatic heterocycles. The molecule has 0 radical (unpaired) electrons. The van der Waals surface area contributed by atoms with Crippen LogP contribution in [0.5, 0.6) is 0 Å². The molecule has 2 aliphatic carbocycles. The van der Waals surface area contributed by atoms with Gasteiger partial charge < -0.3 is 0 Å². The smallest absolute Gasteiger partial charge is 0.207 e. The standard InChI is InChI=1S/C26H38F2/c1-3-5-6-8-25-18-17-24(19-26(25,27)28)23-15-13-22(14-16-23)21-11-9-20(7-4-2)10-12-21/h3,5,9-12,22-25H,4,6-8,13-19H2,1-2H3/b5-3+. The van der Waals surface area contributed by atoms with Crippen molar-refractivity contribution in [1.82, 2.24) is 0 Å². The summed E-state index contributed by atoms with van der Waals surface area (Å²) in [4.78, 5) is 0. The van der Waals surface area contributed by atoms with Crippen molar-refractivity contribution in [3.8, 4) is 0 Å². The molecule has 1 aromatic rings. The molecule has 156 valence electrons. The fourth-order valence-electron chi connectivity index (χ4n) is 5.64. The molecule has 2 heteroatoms. The maximum absolute atomic E-state index is 14.7. The van der Waals surface area contributed by atoms with Crippen LogP contribution in [-0.2, 0) is 6.42 Å². The number of aryl methyl sites for hydroxylation is 1. The summed E-state index contributed by atoms with van der Waals surface area (Å²) >= 11 is 0. The van der Waals surface area contributed by atoms with Crippen LogP contribution in [0.2, 0.25) is 0 Å². The number of hydrogen-bond acceptors (Lipinski definition) is 0. The first kappa shape index (κ1) is 21.5. The molecule has 2 fully saturated rings. The van der Waals surface area contributed by atoms with Crippen molar-refractivity contribution in [2.24, 2.45) is 17.8 Å². The van der Waals surface area contributed by atoms with Crippen LogP contribution >= 0.6 is 0 Å². The Labute approximate surface area is 170 Å². The first-order valence-corrected chi connectivity index (χ1v) is 11.6. The van der Waals surface area contributed by atoms with Crippen LogP contribution in [0, 0.1) is 17.8 Å². The summed E-state index contributed by atoms with van der Waals surface area (Å²) < 4.78 is 29.4. The third-order valence-corrected chi connectivity index (χ3v) is 7.36. The van der Waals surface area contributed by atoms with Gasteiger partial charge in [0.15, 0.2) is 0 Å². The van der Waals surface area contributed by atoms with Gasteiger partial charge in [0.1, 0.15) is 0 Å². The Kier molecular flexibility index (Phi) is 7.71. The van der Waals surface area contributed by atoms with E-state index in [0.29, 0.717) is 24.7 Å². The van der Waals surface area contributed by atoms with Crippen LogP contribution in [-0.4, -0.2) is 5.92 Å². The second-order valence-electron chi connectivity index (χ2n) is 9.25. The molecular formula is C26H38F2. The lowest BCUT2D eigenvalue weighted by Crippen LogP contribution is -2.38. The van der Waals surface area contributed by atoms with Gasteiger partial charge in [0.2, 0.25) is 0 Å². The number of hydrogen-bond donors (Lipinski definition) is 0. The molecule has 2 saturated carbocycles. The topological polar surface area (TPSA) is 0 Å². The predicted molar refractivity (Wildman–Crippen MR) is 115 cm³/mol. The van der Waals surface area contributed by atoms with Crippen molar-refractivity contribution in [3.05, 3.63) is 47.5 Å². The van der Waals surface area contributed by atoms with Gasteiger partial charge in [-0.05, 0) is 93.6 Å². The van der Waals surface area contributed by atoms with Gasteiger partial charge in [0.25, 0.3) is 5.92 Å². The maximum atomic E-state index is 14.7. The Morgan fingerprint density at radius 1 is 0.964 bits per heavy atom. The van der Waals surface area contributed by atoms with Crippen LogP contribution in [0.4, 0.5) is 8.78 Å². The van der Waals surface area contributed by atoms with Gasteiger partial charge in [-0.15, -0.1) is 0 Å². The molecular weight excluding hydrogens is 350 g/mol. The SMILES string of the molecule is C/C=C/CCC1CCC(C2CCC(c3ccc(CCC)cc3)CC2)CC1(F)F. The van der Waals surface area contributed by atoms with E-state index < -0.39 is 11.8 Å². The molecule has 0 saturated heterocycles. The average molecular weight is 389 g/mol. The minimum absolute atomic E-state index is 0.133.